The Balaban J connectivity index is 1.63. The molecule has 0 bridgehead atoms. The summed E-state index contributed by atoms with van der Waals surface area (Å²) in [6.45, 7) is 4.82. The number of pyridine rings is 1. The van der Waals surface area contributed by atoms with E-state index in [1.807, 2.05) is 60.5 Å². The van der Waals surface area contributed by atoms with E-state index in [2.05, 4.69) is 11.1 Å². The summed E-state index contributed by atoms with van der Waals surface area (Å²) in [5, 5.41) is 9.90. The minimum atomic E-state index is -1.60. The summed E-state index contributed by atoms with van der Waals surface area (Å²) in [4.78, 5) is 17.3. The van der Waals surface area contributed by atoms with Crippen molar-refractivity contribution in [1.29, 1.82) is 0 Å². The molecule has 7 heteroatoms. The molecule has 3 aromatic carbocycles. The zero-order chi connectivity index (χ0) is 27.9. The van der Waals surface area contributed by atoms with E-state index in [-0.39, 0.29) is 23.7 Å². The Bertz CT molecular complexity index is 1570. The summed E-state index contributed by atoms with van der Waals surface area (Å²) >= 11 is 0. The van der Waals surface area contributed by atoms with E-state index in [1.165, 1.54) is 13.8 Å². The van der Waals surface area contributed by atoms with Gasteiger partial charge >= 0.3 is 5.97 Å². The Hall–Kier alpha value is -3.97. The van der Waals surface area contributed by atoms with E-state index >= 15 is 8.78 Å². The van der Waals surface area contributed by atoms with Gasteiger partial charge in [-0.2, -0.15) is 0 Å². The van der Waals surface area contributed by atoms with E-state index in [1.54, 1.807) is 0 Å². The number of alkyl halides is 1. The minimum Gasteiger partial charge on any atom is -0.478 e. The zero-order valence-electron chi connectivity index (χ0n) is 22.0. The highest BCUT2D eigenvalue weighted by molar-refractivity contribution is 5.85. The van der Waals surface area contributed by atoms with Gasteiger partial charge in [0.15, 0.2) is 0 Å². The average Bonchev–Trinajstić information content (AvgIpc) is 2.87. The number of carbonyl (C=O) groups is 1. The molecule has 1 aromatic heterocycles. The van der Waals surface area contributed by atoms with Crippen molar-refractivity contribution in [3.8, 4) is 11.1 Å². The predicted octanol–water partition coefficient (Wildman–Crippen LogP) is 7.36. The molecule has 1 N–H and O–H groups in total. The molecule has 200 valence electrons. The van der Waals surface area contributed by atoms with Crippen LogP contribution in [0.3, 0.4) is 0 Å². The lowest BCUT2D eigenvalue weighted by Crippen LogP contribution is -2.48. The lowest BCUT2D eigenvalue weighted by atomic mass is 9.82. The molecule has 0 saturated carbocycles. The number of aromatic nitrogens is 1. The number of aliphatic carboxylic acids is 1. The second-order valence-corrected chi connectivity index (χ2v) is 10.7. The molecule has 1 aliphatic heterocycles. The molecule has 4 aromatic rings. The molecule has 0 saturated heterocycles. The van der Waals surface area contributed by atoms with Crippen LogP contribution in [0.2, 0.25) is 0 Å². The first-order valence-corrected chi connectivity index (χ1v) is 12.8. The van der Waals surface area contributed by atoms with Crippen molar-refractivity contribution in [3.63, 3.8) is 0 Å². The lowest BCUT2D eigenvalue weighted by Gasteiger charge is -2.44. The van der Waals surface area contributed by atoms with Gasteiger partial charge in [0, 0.05) is 41.4 Å². The SMILES string of the molecule is C[C@H]1Cc2cc(-c3cnc4ccccc4c3)ccc2[C@H](c2c(F)cc(/C=C/C(=O)O)cc2F)N1CC(C)(C)F. The van der Waals surface area contributed by atoms with Crippen molar-refractivity contribution in [2.24, 2.45) is 0 Å². The van der Waals surface area contributed by atoms with Gasteiger partial charge in [-0.15, -0.1) is 0 Å². The van der Waals surface area contributed by atoms with Gasteiger partial charge < -0.3 is 5.11 Å². The number of rotatable bonds is 6. The summed E-state index contributed by atoms with van der Waals surface area (Å²) < 4.78 is 46.1. The third-order valence-electron chi connectivity index (χ3n) is 7.13. The van der Waals surface area contributed by atoms with Crippen LogP contribution in [0.1, 0.15) is 49.1 Å². The monoisotopic (exact) mass is 530 g/mol. The number of halogens is 3. The fourth-order valence-corrected chi connectivity index (χ4v) is 5.46. The number of hydrogen-bond acceptors (Lipinski definition) is 3. The molecule has 39 heavy (non-hydrogen) atoms. The van der Waals surface area contributed by atoms with E-state index in [4.69, 9.17) is 5.11 Å². The van der Waals surface area contributed by atoms with E-state index in [9.17, 15) is 9.18 Å². The fraction of sp³-hybridized carbons (Fsp3) is 0.250. The van der Waals surface area contributed by atoms with Crippen LogP contribution in [0, 0.1) is 11.6 Å². The molecule has 2 heterocycles. The molecule has 0 amide bonds. The van der Waals surface area contributed by atoms with Crippen LogP contribution < -0.4 is 0 Å². The van der Waals surface area contributed by atoms with Crippen molar-refractivity contribution in [2.75, 3.05) is 6.54 Å². The normalized spacial score (nSPS) is 18.0. The highest BCUT2D eigenvalue weighted by Crippen LogP contribution is 2.42. The Kier molecular flexibility index (Phi) is 7.03. The van der Waals surface area contributed by atoms with Crippen LogP contribution in [-0.4, -0.2) is 39.2 Å². The minimum absolute atomic E-state index is 0.0197. The van der Waals surface area contributed by atoms with Crippen molar-refractivity contribution >= 4 is 22.9 Å². The van der Waals surface area contributed by atoms with Gasteiger partial charge in [-0.25, -0.2) is 18.0 Å². The number of carboxylic acids is 1. The predicted molar refractivity (Wildman–Crippen MR) is 147 cm³/mol. The van der Waals surface area contributed by atoms with Crippen LogP contribution in [0.5, 0.6) is 0 Å². The van der Waals surface area contributed by atoms with Crippen molar-refractivity contribution in [2.45, 2.75) is 44.9 Å². The zero-order valence-corrected chi connectivity index (χ0v) is 22.0. The van der Waals surface area contributed by atoms with Gasteiger partial charge in [0.25, 0.3) is 0 Å². The molecule has 0 unspecified atom stereocenters. The summed E-state index contributed by atoms with van der Waals surface area (Å²) in [6, 6.07) is 16.9. The highest BCUT2D eigenvalue weighted by atomic mass is 19.1. The number of fused-ring (bicyclic) bond motifs is 2. The molecule has 0 aliphatic carbocycles. The summed E-state index contributed by atoms with van der Waals surface area (Å²) in [5.74, 6) is -2.84. The second-order valence-electron chi connectivity index (χ2n) is 10.7. The quantitative estimate of drug-likeness (QED) is 0.265. The second kappa shape index (κ2) is 10.3. The smallest absolute Gasteiger partial charge is 0.328 e. The Morgan fingerprint density at radius 2 is 1.79 bits per heavy atom. The maximum Gasteiger partial charge on any atom is 0.328 e. The molecule has 5 rings (SSSR count). The third-order valence-corrected chi connectivity index (χ3v) is 7.13. The summed E-state index contributed by atoms with van der Waals surface area (Å²) in [7, 11) is 0. The summed E-state index contributed by atoms with van der Waals surface area (Å²) in [6.07, 6.45) is 4.36. The van der Waals surface area contributed by atoms with Crippen LogP contribution in [0.15, 0.2) is 72.9 Å². The number of nitrogens with zero attached hydrogens (tertiary/aromatic N) is 2. The Morgan fingerprint density at radius 1 is 1.08 bits per heavy atom. The third kappa shape index (κ3) is 5.59. The highest BCUT2D eigenvalue weighted by Gasteiger charge is 2.39. The molecule has 2 atom stereocenters. The topological polar surface area (TPSA) is 53.4 Å². The average molecular weight is 531 g/mol. The molecular weight excluding hydrogens is 501 g/mol. The molecule has 0 radical (unpaired) electrons. The molecular formula is C32H29F3N2O2. The van der Waals surface area contributed by atoms with Crippen LogP contribution in [0.4, 0.5) is 13.2 Å². The fourth-order valence-electron chi connectivity index (χ4n) is 5.46. The first kappa shape index (κ1) is 26.6. The molecule has 0 spiro atoms. The molecule has 4 nitrogen and oxygen atoms in total. The van der Waals surface area contributed by atoms with Crippen molar-refractivity contribution in [1.82, 2.24) is 9.88 Å². The first-order chi connectivity index (χ1) is 18.5. The number of hydrogen-bond donors (Lipinski definition) is 1. The van der Waals surface area contributed by atoms with Crippen molar-refractivity contribution in [3.05, 3.63) is 107 Å². The van der Waals surface area contributed by atoms with Gasteiger partial charge in [-0.3, -0.25) is 9.88 Å². The van der Waals surface area contributed by atoms with E-state index in [0.29, 0.717) is 12.0 Å². The standard InChI is InChI=1S/C32H29F3N2O2/c1-19-12-23-15-21(24-16-22-6-4-5-7-28(22)36-17-24)9-10-25(23)31(37(19)18-32(2,3)35)30-26(33)13-20(14-27(30)34)8-11-29(38)39/h4-11,13-17,19,31H,12,18H2,1-3H3,(H,38,39)/b11-8+/t19-,31+/m0/s1. The number of benzene rings is 3. The van der Waals surface area contributed by atoms with Gasteiger partial charge in [0.2, 0.25) is 0 Å². The Morgan fingerprint density at radius 3 is 2.49 bits per heavy atom. The van der Waals surface area contributed by atoms with Gasteiger partial charge in [0.05, 0.1) is 11.6 Å². The van der Waals surface area contributed by atoms with Crippen LogP contribution in [0.25, 0.3) is 28.1 Å². The van der Waals surface area contributed by atoms with Crippen LogP contribution >= 0.6 is 0 Å². The number of carboxylic acid groups (broad SMARTS) is 1. The van der Waals surface area contributed by atoms with Gasteiger partial charge in [0.1, 0.15) is 17.3 Å². The van der Waals surface area contributed by atoms with Crippen molar-refractivity contribution < 1.29 is 23.1 Å². The molecule has 1 aliphatic rings. The first-order valence-electron chi connectivity index (χ1n) is 12.8. The Labute approximate surface area is 225 Å². The summed E-state index contributed by atoms with van der Waals surface area (Å²) in [5.41, 5.74) is 2.72. The van der Waals surface area contributed by atoms with E-state index in [0.717, 1.165) is 51.9 Å². The largest absolute Gasteiger partial charge is 0.478 e. The maximum atomic E-state index is 15.6. The lowest BCUT2D eigenvalue weighted by molar-refractivity contribution is -0.131. The maximum absolute atomic E-state index is 15.6. The van der Waals surface area contributed by atoms with Crippen LogP contribution in [-0.2, 0) is 11.2 Å². The van der Waals surface area contributed by atoms with E-state index < -0.39 is 29.3 Å². The molecule has 0 fully saturated rings. The van der Waals surface area contributed by atoms with Gasteiger partial charge in [-0.1, -0.05) is 36.4 Å². The number of para-hydroxylation sites is 1. The van der Waals surface area contributed by atoms with Gasteiger partial charge in [-0.05, 0) is 79.8 Å².